The van der Waals surface area contributed by atoms with Crippen LogP contribution in [0.5, 0.6) is 0 Å². The van der Waals surface area contributed by atoms with Gasteiger partial charge < -0.3 is 19.3 Å². The first-order chi connectivity index (χ1) is 11.5. The Kier molecular flexibility index (Phi) is 3.74. The largest absolute Gasteiger partial charge is 0.379 e. The number of carbonyl (C=O) groups is 1. The van der Waals surface area contributed by atoms with Gasteiger partial charge in [-0.2, -0.15) is 0 Å². The van der Waals surface area contributed by atoms with Crippen LogP contribution in [0, 0.1) is 0 Å². The van der Waals surface area contributed by atoms with E-state index >= 15 is 0 Å². The lowest BCUT2D eigenvalue weighted by Gasteiger charge is -2.38. The maximum atomic E-state index is 12.5. The molecule has 2 aliphatic heterocycles. The number of ether oxygens (including phenoxy) is 1. The van der Waals surface area contributed by atoms with Crippen molar-refractivity contribution in [3.63, 3.8) is 0 Å². The molecular weight excluding hydrogens is 326 g/mol. The molecule has 7 heteroatoms. The zero-order chi connectivity index (χ0) is 16.8. The number of rotatable bonds is 2. The Morgan fingerprint density at radius 2 is 2.21 bits per heavy atom. The third-order valence-corrected chi connectivity index (χ3v) is 6.02. The van der Waals surface area contributed by atoms with Crippen molar-refractivity contribution in [2.45, 2.75) is 30.5 Å². The van der Waals surface area contributed by atoms with E-state index in [0.717, 1.165) is 17.7 Å². The van der Waals surface area contributed by atoms with Crippen LogP contribution in [-0.4, -0.2) is 50.8 Å². The molecule has 2 aromatic heterocycles. The van der Waals surface area contributed by atoms with Gasteiger partial charge in [0.2, 0.25) is 0 Å². The number of aliphatic hydroxyl groups is 1. The van der Waals surface area contributed by atoms with Crippen molar-refractivity contribution in [3.05, 3.63) is 40.6 Å². The Labute approximate surface area is 144 Å². The number of amides is 1. The zero-order valence-corrected chi connectivity index (χ0v) is 14.5. The molecule has 2 aromatic rings. The van der Waals surface area contributed by atoms with E-state index in [1.54, 1.807) is 6.20 Å². The quantitative estimate of drug-likeness (QED) is 0.899. The lowest BCUT2D eigenvalue weighted by Crippen LogP contribution is -2.47. The monoisotopic (exact) mass is 347 g/mol. The van der Waals surface area contributed by atoms with Crippen LogP contribution >= 0.6 is 11.3 Å². The van der Waals surface area contributed by atoms with Gasteiger partial charge in [-0.3, -0.25) is 4.79 Å². The van der Waals surface area contributed by atoms with Crippen molar-refractivity contribution in [2.75, 3.05) is 19.7 Å². The summed E-state index contributed by atoms with van der Waals surface area (Å²) in [4.78, 5) is 19.4. The van der Waals surface area contributed by atoms with Gasteiger partial charge in [0.15, 0.2) is 0 Å². The van der Waals surface area contributed by atoms with Gasteiger partial charge in [-0.1, -0.05) is 6.07 Å². The summed E-state index contributed by atoms with van der Waals surface area (Å²) < 4.78 is 7.90. The molecule has 24 heavy (non-hydrogen) atoms. The highest BCUT2D eigenvalue weighted by Crippen LogP contribution is 2.44. The van der Waals surface area contributed by atoms with E-state index < -0.39 is 5.60 Å². The van der Waals surface area contributed by atoms with Gasteiger partial charge in [-0.15, -0.1) is 11.3 Å². The molecule has 2 fully saturated rings. The number of imidazole rings is 1. The predicted octanol–water partition coefficient (Wildman–Crippen LogP) is 1.76. The molecule has 0 bridgehead atoms. The smallest absolute Gasteiger partial charge is 0.263 e. The second kappa shape index (κ2) is 5.68. The molecule has 0 radical (unpaired) electrons. The molecule has 1 N–H and O–H groups in total. The number of nitrogens with zero attached hydrogens (tertiary/aromatic N) is 3. The average Bonchev–Trinajstić information content (AvgIpc) is 3.29. The van der Waals surface area contributed by atoms with E-state index in [1.807, 2.05) is 40.2 Å². The van der Waals surface area contributed by atoms with Gasteiger partial charge in [0.05, 0.1) is 17.1 Å². The van der Waals surface area contributed by atoms with Crippen molar-refractivity contribution >= 4 is 17.2 Å². The Balaban J connectivity index is 1.44. The molecule has 0 aromatic carbocycles. The third kappa shape index (κ3) is 2.56. The summed E-state index contributed by atoms with van der Waals surface area (Å²) in [6.45, 7) is 1.58. The fourth-order valence-electron chi connectivity index (χ4n) is 3.86. The fraction of sp³-hybridized carbons (Fsp3) is 0.529. The molecule has 1 amide bonds. The molecule has 0 aliphatic carbocycles. The van der Waals surface area contributed by atoms with Crippen LogP contribution in [0.2, 0.25) is 0 Å². The highest BCUT2D eigenvalue weighted by Gasteiger charge is 2.52. The van der Waals surface area contributed by atoms with Crippen molar-refractivity contribution in [1.82, 2.24) is 14.5 Å². The van der Waals surface area contributed by atoms with E-state index in [1.165, 1.54) is 11.3 Å². The average molecular weight is 347 g/mol. The summed E-state index contributed by atoms with van der Waals surface area (Å²) in [7, 11) is 1.88. The highest BCUT2D eigenvalue weighted by molar-refractivity contribution is 7.12. The second-order valence-electron chi connectivity index (χ2n) is 6.81. The normalized spacial score (nSPS) is 26.2. The first-order valence-corrected chi connectivity index (χ1v) is 9.06. The molecule has 6 nitrogen and oxygen atoms in total. The standard InChI is InChI=1S/C17H21N3O3S/c1-19-9-6-18-15(19)17(22)11-16(23-12-17)4-7-20(8-5-16)14(21)13-3-2-10-24-13/h2-3,6,9-10,22H,4-5,7-8,11-12H2,1H3/t17-/m0/s1. The van der Waals surface area contributed by atoms with Crippen LogP contribution in [0.1, 0.15) is 34.8 Å². The second-order valence-corrected chi connectivity index (χ2v) is 7.76. The van der Waals surface area contributed by atoms with Crippen molar-refractivity contribution in [3.8, 4) is 0 Å². The molecule has 1 atom stereocenters. The maximum absolute atomic E-state index is 12.5. The molecule has 2 saturated heterocycles. The van der Waals surface area contributed by atoms with Crippen LogP contribution in [-0.2, 0) is 17.4 Å². The van der Waals surface area contributed by atoms with Crippen LogP contribution in [0.25, 0.3) is 0 Å². The lowest BCUT2D eigenvalue weighted by atomic mass is 9.83. The number of aromatic nitrogens is 2. The minimum absolute atomic E-state index is 0.0946. The number of piperidine rings is 1. The molecule has 1 spiro atoms. The van der Waals surface area contributed by atoms with Crippen molar-refractivity contribution in [1.29, 1.82) is 0 Å². The first-order valence-electron chi connectivity index (χ1n) is 8.18. The van der Waals surface area contributed by atoms with Gasteiger partial charge in [0.25, 0.3) is 5.91 Å². The lowest BCUT2D eigenvalue weighted by molar-refractivity contribution is -0.0437. The van der Waals surface area contributed by atoms with Gasteiger partial charge in [0, 0.05) is 39.0 Å². The number of hydrogen-bond donors (Lipinski definition) is 1. The van der Waals surface area contributed by atoms with Crippen molar-refractivity contribution < 1.29 is 14.6 Å². The molecule has 0 saturated carbocycles. The molecule has 4 rings (SSSR count). The Hall–Kier alpha value is -1.70. The van der Waals surface area contributed by atoms with Gasteiger partial charge in [-0.25, -0.2) is 4.98 Å². The third-order valence-electron chi connectivity index (χ3n) is 5.16. The van der Waals surface area contributed by atoms with Crippen LogP contribution in [0.15, 0.2) is 29.9 Å². The van der Waals surface area contributed by atoms with E-state index in [-0.39, 0.29) is 18.1 Å². The Morgan fingerprint density at radius 3 is 2.83 bits per heavy atom. The van der Waals surface area contributed by atoms with Crippen LogP contribution in [0.3, 0.4) is 0 Å². The van der Waals surface area contributed by atoms with E-state index in [9.17, 15) is 9.90 Å². The highest BCUT2D eigenvalue weighted by atomic mass is 32.1. The zero-order valence-electron chi connectivity index (χ0n) is 13.6. The summed E-state index contributed by atoms with van der Waals surface area (Å²) >= 11 is 1.47. The summed E-state index contributed by atoms with van der Waals surface area (Å²) in [6, 6.07) is 3.76. The number of thiophene rings is 1. The van der Waals surface area contributed by atoms with Gasteiger partial charge in [-0.05, 0) is 24.3 Å². The summed E-state index contributed by atoms with van der Waals surface area (Å²) in [5, 5.41) is 12.9. The number of carbonyl (C=O) groups excluding carboxylic acids is 1. The van der Waals surface area contributed by atoms with Crippen LogP contribution < -0.4 is 0 Å². The maximum Gasteiger partial charge on any atom is 0.263 e. The molecule has 128 valence electrons. The number of likely N-dealkylation sites (tertiary alicyclic amines) is 1. The SMILES string of the molecule is Cn1ccnc1[C@@]1(O)COC2(CCN(C(=O)c3cccs3)CC2)C1. The summed E-state index contributed by atoms with van der Waals surface area (Å²) in [5.74, 6) is 0.744. The first kappa shape index (κ1) is 15.8. The number of aryl methyl sites for hydroxylation is 1. The number of hydrogen-bond acceptors (Lipinski definition) is 5. The Morgan fingerprint density at radius 1 is 1.42 bits per heavy atom. The van der Waals surface area contributed by atoms with Gasteiger partial charge >= 0.3 is 0 Å². The van der Waals surface area contributed by atoms with Gasteiger partial charge in [0.1, 0.15) is 11.4 Å². The van der Waals surface area contributed by atoms with E-state index in [2.05, 4.69) is 4.98 Å². The minimum Gasteiger partial charge on any atom is -0.379 e. The Bertz CT molecular complexity index is 734. The molecule has 4 heterocycles. The fourth-order valence-corrected chi connectivity index (χ4v) is 4.55. The summed E-state index contributed by atoms with van der Waals surface area (Å²) in [6.07, 6.45) is 5.56. The molecule has 2 aliphatic rings. The van der Waals surface area contributed by atoms with E-state index in [4.69, 9.17) is 4.74 Å². The van der Waals surface area contributed by atoms with E-state index in [0.29, 0.717) is 25.3 Å². The predicted molar refractivity (Wildman–Crippen MR) is 89.9 cm³/mol. The van der Waals surface area contributed by atoms with Crippen LogP contribution in [0.4, 0.5) is 0 Å². The minimum atomic E-state index is -1.04. The topological polar surface area (TPSA) is 67.6 Å². The molecular formula is C17H21N3O3S. The molecule has 0 unspecified atom stereocenters. The summed E-state index contributed by atoms with van der Waals surface area (Å²) in [5.41, 5.74) is -1.40. The van der Waals surface area contributed by atoms with Crippen molar-refractivity contribution in [2.24, 2.45) is 7.05 Å².